The van der Waals surface area contributed by atoms with Gasteiger partial charge in [0, 0.05) is 11.6 Å². The van der Waals surface area contributed by atoms with Crippen LogP contribution in [0.3, 0.4) is 0 Å². The van der Waals surface area contributed by atoms with Crippen LogP contribution in [-0.2, 0) is 4.79 Å². The maximum Gasteiger partial charge on any atom is 0.314 e. The maximum absolute atomic E-state index is 13.0. The van der Waals surface area contributed by atoms with Gasteiger partial charge in [0.25, 0.3) is 0 Å². The lowest BCUT2D eigenvalue weighted by molar-refractivity contribution is -0.139. The minimum Gasteiger partial charge on any atom is -0.508 e. The summed E-state index contributed by atoms with van der Waals surface area (Å²) in [5.41, 5.74) is 0.261. The molecule has 0 aliphatic heterocycles. The van der Waals surface area contributed by atoms with Gasteiger partial charge in [0.2, 0.25) is 0 Å². The number of benzene rings is 2. The molecule has 20 heavy (non-hydrogen) atoms. The van der Waals surface area contributed by atoms with Gasteiger partial charge < -0.3 is 14.9 Å². The van der Waals surface area contributed by atoms with Crippen LogP contribution in [-0.4, -0.2) is 22.8 Å². The summed E-state index contributed by atoms with van der Waals surface area (Å²) >= 11 is 0. The largest absolute Gasteiger partial charge is 0.508 e. The van der Waals surface area contributed by atoms with Gasteiger partial charge in [-0.3, -0.25) is 4.79 Å². The smallest absolute Gasteiger partial charge is 0.314 e. The normalized spacial score (nSPS) is 11.8. The first kappa shape index (κ1) is 13.9. The summed E-state index contributed by atoms with van der Waals surface area (Å²) < 4.78 is 18.3. The first-order valence-corrected chi connectivity index (χ1v) is 5.97. The fourth-order valence-electron chi connectivity index (χ4n) is 1.81. The lowest BCUT2D eigenvalue weighted by atomic mass is 9.99. The van der Waals surface area contributed by atoms with E-state index in [0.717, 1.165) is 0 Å². The average molecular weight is 276 g/mol. The standard InChI is InChI=1S/C15H13FO4/c16-10-4-3-5-11(8-10)20-9-13(15(18)19)12-6-1-2-7-14(12)17/h1-8,13,17H,9H2,(H,18,19). The van der Waals surface area contributed by atoms with E-state index >= 15 is 0 Å². The molecule has 104 valence electrons. The minimum absolute atomic E-state index is 0.109. The number of rotatable bonds is 5. The van der Waals surface area contributed by atoms with Crippen molar-refractivity contribution in [2.75, 3.05) is 6.61 Å². The highest BCUT2D eigenvalue weighted by Gasteiger charge is 2.23. The van der Waals surface area contributed by atoms with Crippen LogP contribution in [0.1, 0.15) is 11.5 Å². The molecule has 0 bridgehead atoms. The van der Waals surface area contributed by atoms with Gasteiger partial charge in [-0.15, -0.1) is 0 Å². The fraction of sp³-hybridized carbons (Fsp3) is 0.133. The molecule has 0 aromatic heterocycles. The lowest BCUT2D eigenvalue weighted by Gasteiger charge is -2.15. The monoisotopic (exact) mass is 276 g/mol. The van der Waals surface area contributed by atoms with Gasteiger partial charge in [-0.1, -0.05) is 24.3 Å². The van der Waals surface area contributed by atoms with Crippen molar-refractivity contribution >= 4 is 5.97 Å². The van der Waals surface area contributed by atoms with Crippen molar-refractivity contribution in [2.45, 2.75) is 5.92 Å². The molecule has 0 saturated heterocycles. The Morgan fingerprint density at radius 3 is 2.60 bits per heavy atom. The van der Waals surface area contributed by atoms with E-state index in [4.69, 9.17) is 4.74 Å². The van der Waals surface area contributed by atoms with Gasteiger partial charge in [0.1, 0.15) is 29.8 Å². The third-order valence-electron chi connectivity index (χ3n) is 2.82. The van der Waals surface area contributed by atoms with Gasteiger partial charge in [-0.2, -0.15) is 0 Å². The van der Waals surface area contributed by atoms with Gasteiger partial charge in [0.05, 0.1) is 0 Å². The summed E-state index contributed by atoms with van der Waals surface area (Å²) in [6.45, 7) is -0.198. The van der Waals surface area contributed by atoms with Crippen molar-refractivity contribution in [1.29, 1.82) is 0 Å². The van der Waals surface area contributed by atoms with Gasteiger partial charge in [0.15, 0.2) is 0 Å². The molecule has 2 aromatic rings. The molecular formula is C15H13FO4. The molecule has 0 spiro atoms. The molecule has 0 amide bonds. The first-order chi connectivity index (χ1) is 9.58. The molecule has 2 rings (SSSR count). The molecule has 2 N–H and O–H groups in total. The van der Waals surface area contributed by atoms with Gasteiger partial charge >= 0.3 is 5.97 Å². The number of carboxylic acids is 1. The average Bonchev–Trinajstić information content (AvgIpc) is 2.40. The van der Waals surface area contributed by atoms with Crippen molar-refractivity contribution in [3.8, 4) is 11.5 Å². The lowest BCUT2D eigenvalue weighted by Crippen LogP contribution is -2.19. The van der Waals surface area contributed by atoms with E-state index < -0.39 is 17.7 Å². The Morgan fingerprint density at radius 2 is 1.95 bits per heavy atom. The summed E-state index contributed by atoms with van der Waals surface area (Å²) in [5, 5.41) is 18.9. The molecule has 1 atom stereocenters. The van der Waals surface area contributed by atoms with E-state index in [-0.39, 0.29) is 23.7 Å². The number of para-hydroxylation sites is 1. The molecule has 0 saturated carbocycles. The second kappa shape index (κ2) is 6.06. The van der Waals surface area contributed by atoms with E-state index in [1.807, 2.05) is 0 Å². The van der Waals surface area contributed by atoms with Crippen LogP contribution in [0.15, 0.2) is 48.5 Å². The highest BCUT2D eigenvalue weighted by atomic mass is 19.1. The Bertz CT molecular complexity index is 612. The number of hydrogen-bond donors (Lipinski definition) is 2. The number of aromatic hydroxyl groups is 1. The van der Waals surface area contributed by atoms with Crippen LogP contribution in [0.25, 0.3) is 0 Å². The van der Waals surface area contributed by atoms with E-state index in [0.29, 0.717) is 0 Å². The van der Waals surface area contributed by atoms with Crippen molar-refractivity contribution < 1.29 is 24.1 Å². The molecule has 2 aromatic carbocycles. The Kier molecular flexibility index (Phi) is 4.20. The third kappa shape index (κ3) is 3.26. The van der Waals surface area contributed by atoms with E-state index in [2.05, 4.69) is 0 Å². The van der Waals surface area contributed by atoms with E-state index in [1.54, 1.807) is 12.1 Å². The first-order valence-electron chi connectivity index (χ1n) is 5.97. The van der Waals surface area contributed by atoms with Crippen molar-refractivity contribution in [3.63, 3.8) is 0 Å². The molecule has 4 nitrogen and oxygen atoms in total. The van der Waals surface area contributed by atoms with Crippen molar-refractivity contribution in [2.24, 2.45) is 0 Å². The second-order valence-corrected chi connectivity index (χ2v) is 4.22. The van der Waals surface area contributed by atoms with Crippen molar-refractivity contribution in [1.82, 2.24) is 0 Å². The third-order valence-corrected chi connectivity index (χ3v) is 2.82. The number of phenolic OH excluding ortho intramolecular Hbond substituents is 1. The molecule has 1 unspecified atom stereocenters. The number of phenols is 1. The number of hydrogen-bond acceptors (Lipinski definition) is 3. The number of halogens is 1. The second-order valence-electron chi connectivity index (χ2n) is 4.22. The summed E-state index contributed by atoms with van der Waals surface area (Å²) in [6.07, 6.45) is 0. The fourth-order valence-corrected chi connectivity index (χ4v) is 1.81. The summed E-state index contributed by atoms with van der Waals surface area (Å²) in [7, 11) is 0. The maximum atomic E-state index is 13.0. The van der Waals surface area contributed by atoms with Crippen LogP contribution in [0, 0.1) is 5.82 Å². The van der Waals surface area contributed by atoms with E-state index in [9.17, 15) is 19.4 Å². The van der Waals surface area contributed by atoms with Crippen LogP contribution < -0.4 is 4.74 Å². The molecule has 0 aliphatic carbocycles. The molecule has 0 heterocycles. The van der Waals surface area contributed by atoms with Crippen molar-refractivity contribution in [3.05, 3.63) is 59.9 Å². The Hall–Kier alpha value is -2.56. The topological polar surface area (TPSA) is 66.8 Å². The zero-order valence-corrected chi connectivity index (χ0v) is 10.5. The van der Waals surface area contributed by atoms with Gasteiger partial charge in [-0.05, 0) is 18.2 Å². The number of carboxylic acid groups (broad SMARTS) is 1. The summed E-state index contributed by atoms with van der Waals surface area (Å²) in [6, 6.07) is 11.6. The zero-order chi connectivity index (χ0) is 14.5. The Morgan fingerprint density at radius 1 is 1.20 bits per heavy atom. The summed E-state index contributed by atoms with van der Waals surface area (Å²) in [5.74, 6) is -2.48. The van der Waals surface area contributed by atoms with Crippen LogP contribution in [0.4, 0.5) is 4.39 Å². The molecule has 0 radical (unpaired) electrons. The van der Waals surface area contributed by atoms with Crippen LogP contribution in [0.5, 0.6) is 11.5 Å². The molecule has 0 aliphatic rings. The molecule has 5 heteroatoms. The van der Waals surface area contributed by atoms with E-state index in [1.165, 1.54) is 36.4 Å². The minimum atomic E-state index is -1.12. The number of carbonyl (C=O) groups is 1. The highest BCUT2D eigenvalue weighted by molar-refractivity contribution is 5.77. The highest BCUT2D eigenvalue weighted by Crippen LogP contribution is 2.26. The Labute approximate surface area is 115 Å². The van der Waals surface area contributed by atoms with Gasteiger partial charge in [-0.25, -0.2) is 4.39 Å². The van der Waals surface area contributed by atoms with Crippen LogP contribution >= 0.6 is 0 Å². The quantitative estimate of drug-likeness (QED) is 0.881. The number of aliphatic carboxylic acids is 1. The predicted molar refractivity (Wildman–Crippen MR) is 70.4 cm³/mol. The van der Waals surface area contributed by atoms with Crippen LogP contribution in [0.2, 0.25) is 0 Å². The SMILES string of the molecule is O=C(O)C(COc1cccc(F)c1)c1ccccc1O. The zero-order valence-electron chi connectivity index (χ0n) is 10.5. The predicted octanol–water partition coefficient (Wildman–Crippen LogP) is 2.78. The number of ether oxygens (including phenoxy) is 1. The molecule has 0 fully saturated rings. The Balaban J connectivity index is 2.15. The molecular weight excluding hydrogens is 263 g/mol. The summed E-state index contributed by atoms with van der Waals surface area (Å²) in [4.78, 5) is 11.3.